The van der Waals surface area contributed by atoms with Gasteiger partial charge in [-0.1, -0.05) is 42.5 Å². The summed E-state index contributed by atoms with van der Waals surface area (Å²) in [4.78, 5) is 10.9. The van der Waals surface area contributed by atoms with Gasteiger partial charge in [0.25, 0.3) is 0 Å². The van der Waals surface area contributed by atoms with Crippen LogP contribution in [0.15, 0.2) is 72.1 Å². The molecule has 2 aromatic carbocycles. The Balaban J connectivity index is 1.44. The summed E-state index contributed by atoms with van der Waals surface area (Å²) in [6.07, 6.45) is 6.80. The molecule has 34 heavy (non-hydrogen) atoms. The average Bonchev–Trinajstić information content (AvgIpc) is 2.84. The van der Waals surface area contributed by atoms with Crippen molar-refractivity contribution in [1.82, 2.24) is 19.2 Å². The molecule has 0 unspecified atom stereocenters. The van der Waals surface area contributed by atoms with E-state index in [0.29, 0.717) is 18.0 Å². The summed E-state index contributed by atoms with van der Waals surface area (Å²) in [5.74, 6) is 0.0683. The van der Waals surface area contributed by atoms with Crippen molar-refractivity contribution in [2.75, 3.05) is 26.2 Å². The van der Waals surface area contributed by atoms with Crippen LogP contribution in [-0.4, -0.2) is 71.0 Å². The molecule has 0 spiro atoms. The van der Waals surface area contributed by atoms with Crippen molar-refractivity contribution in [2.45, 2.75) is 42.7 Å². The van der Waals surface area contributed by atoms with Gasteiger partial charge in [0.15, 0.2) is 0 Å². The first-order valence-electron chi connectivity index (χ1n) is 11.8. The third-order valence-corrected chi connectivity index (χ3v) is 9.26. The van der Waals surface area contributed by atoms with E-state index in [1.54, 1.807) is 28.8 Å². The lowest BCUT2D eigenvalue weighted by Gasteiger charge is -2.57. The Labute approximate surface area is 201 Å². The molecule has 3 aromatic rings. The Hall–Kier alpha value is -2.65. The normalized spacial score (nSPS) is 24.0. The van der Waals surface area contributed by atoms with E-state index in [9.17, 15) is 13.5 Å². The molecule has 0 aliphatic carbocycles. The minimum Gasteiger partial charge on any atom is -0.395 e. The minimum absolute atomic E-state index is 0.00276. The van der Waals surface area contributed by atoms with E-state index < -0.39 is 10.0 Å². The van der Waals surface area contributed by atoms with Crippen LogP contribution < -0.4 is 0 Å². The number of sulfonamides is 1. The van der Waals surface area contributed by atoms with E-state index >= 15 is 0 Å². The van der Waals surface area contributed by atoms with Crippen LogP contribution in [0.5, 0.6) is 0 Å². The molecule has 3 atom stereocenters. The van der Waals surface area contributed by atoms with Gasteiger partial charge in [-0.25, -0.2) is 18.4 Å². The molecular weight excluding hydrogens is 448 g/mol. The van der Waals surface area contributed by atoms with Crippen LogP contribution >= 0.6 is 0 Å². The Morgan fingerprint density at radius 3 is 2.38 bits per heavy atom. The summed E-state index contributed by atoms with van der Waals surface area (Å²) in [5, 5.41) is 10.2. The summed E-state index contributed by atoms with van der Waals surface area (Å²) < 4.78 is 28.8. The number of fused-ring (bicyclic) bond motifs is 1. The number of benzene rings is 2. The second-order valence-corrected chi connectivity index (χ2v) is 11.1. The predicted octanol–water partition coefficient (Wildman–Crippen LogP) is 3.07. The van der Waals surface area contributed by atoms with Crippen molar-refractivity contribution in [3.8, 4) is 11.1 Å². The number of aliphatic hydroxyl groups is 1. The second-order valence-electron chi connectivity index (χ2n) is 9.17. The number of aryl methyl sites for hydroxylation is 1. The molecule has 0 amide bonds. The number of hydrogen-bond acceptors (Lipinski definition) is 6. The topological polar surface area (TPSA) is 86.6 Å². The molecule has 8 heteroatoms. The van der Waals surface area contributed by atoms with Gasteiger partial charge in [-0.15, -0.1) is 0 Å². The zero-order chi connectivity index (χ0) is 23.7. The number of rotatable bonds is 5. The first kappa shape index (κ1) is 23.1. The SMILES string of the molecule is Cc1ccccc1S(=O)(=O)N1CCCCN2[C@H](C1)[C@H](c1ccc(-c3cncnc3)cc1)[C@@H]2CO. The maximum absolute atomic E-state index is 13.6. The number of hydrogen-bond donors (Lipinski definition) is 1. The van der Waals surface area contributed by atoms with Crippen molar-refractivity contribution in [3.63, 3.8) is 0 Å². The monoisotopic (exact) mass is 478 g/mol. The van der Waals surface area contributed by atoms with Crippen LogP contribution in [0.1, 0.15) is 29.9 Å². The van der Waals surface area contributed by atoms with Gasteiger partial charge in [0.2, 0.25) is 10.0 Å². The van der Waals surface area contributed by atoms with Gasteiger partial charge in [0.05, 0.1) is 11.5 Å². The smallest absolute Gasteiger partial charge is 0.243 e. The summed E-state index contributed by atoms with van der Waals surface area (Å²) in [6, 6.07) is 15.5. The van der Waals surface area contributed by atoms with Gasteiger partial charge in [0.1, 0.15) is 6.33 Å². The number of nitrogens with zero attached hydrogens (tertiary/aromatic N) is 4. The molecule has 1 aromatic heterocycles. The second kappa shape index (κ2) is 9.54. The van der Waals surface area contributed by atoms with E-state index in [1.165, 1.54) is 6.33 Å². The molecule has 1 N–H and O–H groups in total. The zero-order valence-corrected chi connectivity index (χ0v) is 20.1. The molecule has 2 aliphatic rings. The highest BCUT2D eigenvalue weighted by Gasteiger charge is 2.50. The van der Waals surface area contributed by atoms with E-state index in [0.717, 1.165) is 41.6 Å². The number of aromatic nitrogens is 2. The van der Waals surface area contributed by atoms with Crippen LogP contribution in [0.4, 0.5) is 0 Å². The molecule has 5 rings (SSSR count). The fraction of sp³-hybridized carbons (Fsp3) is 0.385. The summed E-state index contributed by atoms with van der Waals surface area (Å²) in [7, 11) is -3.60. The Kier molecular flexibility index (Phi) is 6.48. The standard InChI is InChI=1S/C26H30N4O3S/c1-19-6-2-3-7-25(19)34(32,33)29-12-4-5-13-30-23(16-29)26(24(30)17-31)21-10-8-20(9-11-21)22-14-27-18-28-15-22/h2-3,6-11,14-15,18,23-24,26,31H,4-5,12-13,16-17H2,1H3/t23-,24+,26+/m1/s1. The van der Waals surface area contributed by atoms with Gasteiger partial charge in [-0.2, -0.15) is 4.31 Å². The third-order valence-electron chi connectivity index (χ3n) is 7.23. The lowest BCUT2D eigenvalue weighted by Crippen LogP contribution is -2.67. The fourth-order valence-corrected chi connectivity index (χ4v) is 7.18. The van der Waals surface area contributed by atoms with Crippen molar-refractivity contribution in [1.29, 1.82) is 0 Å². The Bertz CT molecular complexity index is 1230. The molecule has 0 radical (unpaired) electrons. The number of aliphatic hydroxyl groups excluding tert-OH is 1. The summed E-state index contributed by atoms with van der Waals surface area (Å²) in [5.41, 5.74) is 3.86. The molecular formula is C26H30N4O3S. The molecule has 0 saturated carbocycles. The molecule has 2 fully saturated rings. The van der Waals surface area contributed by atoms with Crippen LogP contribution in [0.2, 0.25) is 0 Å². The van der Waals surface area contributed by atoms with Crippen LogP contribution in [0, 0.1) is 6.92 Å². The van der Waals surface area contributed by atoms with Crippen molar-refractivity contribution >= 4 is 10.0 Å². The van der Waals surface area contributed by atoms with Crippen LogP contribution in [-0.2, 0) is 10.0 Å². The first-order valence-corrected chi connectivity index (χ1v) is 13.2. The Morgan fingerprint density at radius 1 is 0.971 bits per heavy atom. The van der Waals surface area contributed by atoms with Crippen LogP contribution in [0.3, 0.4) is 0 Å². The van der Waals surface area contributed by atoms with E-state index in [1.807, 2.05) is 19.1 Å². The highest BCUT2D eigenvalue weighted by atomic mass is 32.2. The molecule has 178 valence electrons. The van der Waals surface area contributed by atoms with Crippen LogP contribution in [0.25, 0.3) is 11.1 Å². The van der Waals surface area contributed by atoms with Crippen molar-refractivity contribution in [2.24, 2.45) is 0 Å². The maximum Gasteiger partial charge on any atom is 0.243 e. The molecule has 2 aliphatic heterocycles. The predicted molar refractivity (Wildman–Crippen MR) is 131 cm³/mol. The van der Waals surface area contributed by atoms with Gasteiger partial charge in [-0.05, 0) is 49.1 Å². The average molecular weight is 479 g/mol. The summed E-state index contributed by atoms with van der Waals surface area (Å²) in [6.45, 7) is 3.72. The van der Waals surface area contributed by atoms with Gasteiger partial charge >= 0.3 is 0 Å². The fourth-order valence-electron chi connectivity index (χ4n) is 5.46. The largest absolute Gasteiger partial charge is 0.395 e. The zero-order valence-electron chi connectivity index (χ0n) is 19.3. The molecule has 3 heterocycles. The highest BCUT2D eigenvalue weighted by molar-refractivity contribution is 7.89. The van der Waals surface area contributed by atoms with E-state index in [4.69, 9.17) is 0 Å². The summed E-state index contributed by atoms with van der Waals surface area (Å²) >= 11 is 0. The van der Waals surface area contributed by atoms with E-state index in [2.05, 4.69) is 39.1 Å². The van der Waals surface area contributed by atoms with Crippen molar-refractivity contribution < 1.29 is 13.5 Å². The minimum atomic E-state index is -3.60. The Morgan fingerprint density at radius 2 is 1.68 bits per heavy atom. The molecule has 2 saturated heterocycles. The molecule has 7 nitrogen and oxygen atoms in total. The quantitative estimate of drug-likeness (QED) is 0.607. The lowest BCUT2D eigenvalue weighted by molar-refractivity contribution is -0.0553. The van der Waals surface area contributed by atoms with Crippen molar-refractivity contribution in [3.05, 3.63) is 78.4 Å². The third kappa shape index (κ3) is 4.15. The lowest BCUT2D eigenvalue weighted by atomic mass is 9.74. The van der Waals surface area contributed by atoms with Gasteiger partial charge < -0.3 is 5.11 Å². The van der Waals surface area contributed by atoms with Gasteiger partial charge in [-0.3, -0.25) is 4.90 Å². The first-order chi connectivity index (χ1) is 16.5. The maximum atomic E-state index is 13.6. The van der Waals surface area contributed by atoms with E-state index in [-0.39, 0.29) is 24.6 Å². The highest BCUT2D eigenvalue weighted by Crippen LogP contribution is 2.43. The van der Waals surface area contributed by atoms with Gasteiger partial charge in [0, 0.05) is 49.0 Å². The molecule has 0 bridgehead atoms.